The second-order valence-corrected chi connectivity index (χ2v) is 8.00. The Labute approximate surface area is 174 Å². The number of nitro benzene ring substituents is 1. The Hall–Kier alpha value is -3.18. The quantitative estimate of drug-likeness (QED) is 0.309. The normalized spacial score (nSPS) is 10.4. The minimum atomic E-state index is -0.524. The average molecular weight is 431 g/mol. The van der Waals surface area contributed by atoms with Gasteiger partial charge in [-0.3, -0.25) is 14.9 Å². The lowest BCUT2D eigenvalue weighted by Crippen LogP contribution is -2.15. The highest BCUT2D eigenvalue weighted by molar-refractivity contribution is 8.01. The summed E-state index contributed by atoms with van der Waals surface area (Å²) in [5, 5.41) is 25.7. The topological polar surface area (TPSA) is 119 Å². The molecule has 0 aliphatic heterocycles. The number of para-hydroxylation sites is 1. The number of nitro groups is 1. The molecule has 0 bridgehead atoms. The van der Waals surface area contributed by atoms with Crippen LogP contribution in [-0.2, 0) is 4.79 Å². The summed E-state index contributed by atoms with van der Waals surface area (Å²) < 4.78 is 5.69. The van der Waals surface area contributed by atoms with Gasteiger partial charge in [0.25, 0.3) is 0 Å². The molecule has 150 valence electrons. The van der Waals surface area contributed by atoms with Crippen molar-refractivity contribution in [2.24, 2.45) is 0 Å². The summed E-state index contributed by atoms with van der Waals surface area (Å²) >= 11 is 2.60. The molecule has 1 aromatic heterocycles. The molecule has 11 heteroatoms. The molecule has 29 heavy (non-hydrogen) atoms. The van der Waals surface area contributed by atoms with E-state index in [1.165, 1.54) is 42.3 Å². The van der Waals surface area contributed by atoms with Gasteiger partial charge in [-0.2, -0.15) is 0 Å². The molecular weight excluding hydrogens is 414 g/mol. The molecule has 0 spiro atoms. The van der Waals surface area contributed by atoms with Crippen LogP contribution in [0.2, 0.25) is 0 Å². The van der Waals surface area contributed by atoms with Crippen LogP contribution in [0.25, 0.3) is 0 Å². The van der Waals surface area contributed by atoms with Crippen LogP contribution in [0, 0.1) is 17.0 Å². The summed E-state index contributed by atoms with van der Waals surface area (Å²) in [7, 11) is 1.34. The highest BCUT2D eigenvalue weighted by Crippen LogP contribution is 2.33. The largest absolute Gasteiger partial charge is 0.490 e. The fourth-order valence-corrected chi connectivity index (χ4v) is 3.96. The fraction of sp³-hybridized carbons (Fsp3) is 0.167. The summed E-state index contributed by atoms with van der Waals surface area (Å²) in [6.45, 7) is 1.68. The predicted molar refractivity (Wildman–Crippen MR) is 113 cm³/mol. The Bertz CT molecular complexity index is 1030. The number of carbonyl (C=O) groups excluding carboxylic acids is 1. The molecule has 1 amide bonds. The molecule has 0 atom stereocenters. The third kappa shape index (κ3) is 5.42. The lowest BCUT2D eigenvalue weighted by Gasteiger charge is -2.10. The number of nitrogens with one attached hydrogen (secondary N) is 2. The van der Waals surface area contributed by atoms with Crippen LogP contribution in [-0.4, -0.2) is 33.9 Å². The molecule has 3 rings (SSSR count). The summed E-state index contributed by atoms with van der Waals surface area (Å²) in [6.07, 6.45) is 0. The van der Waals surface area contributed by atoms with Crippen molar-refractivity contribution < 1.29 is 14.5 Å². The number of carbonyl (C=O) groups is 1. The molecule has 0 radical (unpaired) electrons. The van der Waals surface area contributed by atoms with E-state index in [-0.39, 0.29) is 23.1 Å². The standard InChI is InChI=1S/C18H17N5O4S2/c1-11-8-14(23(25)26)15(27-2)9-13(11)20-16(24)10-28-18-22-21-17(29-18)19-12-6-4-3-5-7-12/h3-9H,10H2,1-2H3,(H,19,21)(H,20,24). The number of ether oxygens (including phenoxy) is 1. The van der Waals surface area contributed by atoms with Crippen molar-refractivity contribution >= 4 is 51.2 Å². The third-order valence-electron chi connectivity index (χ3n) is 3.75. The second kappa shape index (κ2) is 9.34. The number of methoxy groups -OCH3 is 1. The van der Waals surface area contributed by atoms with Gasteiger partial charge in [-0.25, -0.2) is 0 Å². The summed E-state index contributed by atoms with van der Waals surface area (Å²) in [5.74, 6) is -0.0512. The third-order valence-corrected chi connectivity index (χ3v) is 5.73. The van der Waals surface area contributed by atoms with Gasteiger partial charge in [-0.15, -0.1) is 10.2 Å². The smallest absolute Gasteiger partial charge is 0.311 e. The first kappa shape index (κ1) is 20.6. The molecule has 2 N–H and O–H groups in total. The van der Waals surface area contributed by atoms with E-state index in [0.717, 1.165) is 5.69 Å². The first-order valence-corrected chi connectivity index (χ1v) is 10.2. The Morgan fingerprint density at radius 2 is 2.03 bits per heavy atom. The molecule has 2 aromatic carbocycles. The van der Waals surface area contributed by atoms with Crippen molar-refractivity contribution in [3.05, 3.63) is 58.1 Å². The van der Waals surface area contributed by atoms with Gasteiger partial charge < -0.3 is 15.4 Å². The summed E-state index contributed by atoms with van der Waals surface area (Å²) in [6, 6.07) is 12.4. The summed E-state index contributed by atoms with van der Waals surface area (Å²) in [5.41, 5.74) is 1.79. The van der Waals surface area contributed by atoms with Gasteiger partial charge in [0.2, 0.25) is 11.0 Å². The summed E-state index contributed by atoms with van der Waals surface area (Å²) in [4.78, 5) is 22.8. The van der Waals surface area contributed by atoms with E-state index >= 15 is 0 Å². The van der Waals surface area contributed by atoms with Crippen LogP contribution >= 0.6 is 23.1 Å². The highest BCUT2D eigenvalue weighted by atomic mass is 32.2. The van der Waals surface area contributed by atoms with Gasteiger partial charge in [-0.1, -0.05) is 41.3 Å². The number of aromatic nitrogens is 2. The molecule has 0 fully saturated rings. The molecule has 0 unspecified atom stereocenters. The number of rotatable bonds is 8. The predicted octanol–water partition coefficient (Wildman–Crippen LogP) is 4.24. The van der Waals surface area contributed by atoms with Crippen LogP contribution < -0.4 is 15.4 Å². The van der Waals surface area contributed by atoms with Crippen LogP contribution in [0.4, 0.5) is 22.2 Å². The van der Waals surface area contributed by atoms with E-state index in [4.69, 9.17) is 4.74 Å². The maximum absolute atomic E-state index is 12.3. The van der Waals surface area contributed by atoms with Gasteiger partial charge in [0, 0.05) is 23.5 Å². The number of amides is 1. The molecule has 3 aromatic rings. The molecule has 1 heterocycles. The minimum Gasteiger partial charge on any atom is -0.490 e. The first-order valence-electron chi connectivity index (χ1n) is 8.37. The number of hydrogen-bond donors (Lipinski definition) is 2. The Morgan fingerprint density at radius 1 is 1.28 bits per heavy atom. The van der Waals surface area contributed by atoms with Crippen LogP contribution in [0.1, 0.15) is 5.56 Å². The zero-order chi connectivity index (χ0) is 20.8. The van der Waals surface area contributed by atoms with Crippen LogP contribution in [0.3, 0.4) is 0 Å². The first-order chi connectivity index (χ1) is 14.0. The number of anilines is 3. The van der Waals surface area contributed by atoms with E-state index in [0.29, 0.717) is 20.7 Å². The van der Waals surface area contributed by atoms with Crippen molar-refractivity contribution in [1.29, 1.82) is 0 Å². The molecule has 0 saturated heterocycles. The van der Waals surface area contributed by atoms with E-state index in [1.807, 2.05) is 30.3 Å². The molecule has 0 aliphatic rings. The van der Waals surface area contributed by atoms with E-state index in [9.17, 15) is 14.9 Å². The van der Waals surface area contributed by atoms with Gasteiger partial charge in [-0.05, 0) is 24.6 Å². The lowest BCUT2D eigenvalue weighted by molar-refractivity contribution is -0.385. The Balaban J connectivity index is 1.58. The van der Waals surface area contributed by atoms with Crippen molar-refractivity contribution in [2.45, 2.75) is 11.3 Å². The lowest BCUT2D eigenvalue weighted by atomic mass is 10.1. The monoisotopic (exact) mass is 431 g/mol. The zero-order valence-electron chi connectivity index (χ0n) is 15.5. The van der Waals surface area contributed by atoms with Crippen molar-refractivity contribution in [2.75, 3.05) is 23.5 Å². The number of hydrogen-bond acceptors (Lipinski definition) is 9. The van der Waals surface area contributed by atoms with E-state index < -0.39 is 4.92 Å². The Morgan fingerprint density at radius 3 is 2.72 bits per heavy atom. The number of nitrogens with zero attached hydrogens (tertiary/aromatic N) is 3. The van der Waals surface area contributed by atoms with Gasteiger partial charge in [0.1, 0.15) is 0 Å². The maximum atomic E-state index is 12.3. The van der Waals surface area contributed by atoms with E-state index in [1.54, 1.807) is 6.92 Å². The van der Waals surface area contributed by atoms with Gasteiger partial charge in [0.15, 0.2) is 10.1 Å². The van der Waals surface area contributed by atoms with E-state index in [2.05, 4.69) is 20.8 Å². The molecular formula is C18H17N5O4S2. The van der Waals surface area contributed by atoms with Crippen molar-refractivity contribution in [1.82, 2.24) is 10.2 Å². The van der Waals surface area contributed by atoms with Crippen molar-refractivity contribution in [3.63, 3.8) is 0 Å². The van der Waals surface area contributed by atoms with Crippen molar-refractivity contribution in [3.8, 4) is 5.75 Å². The SMILES string of the molecule is COc1cc(NC(=O)CSc2nnc(Nc3ccccc3)s2)c(C)cc1[N+](=O)[O-]. The average Bonchev–Trinajstić information content (AvgIpc) is 3.15. The van der Waals surface area contributed by atoms with Gasteiger partial charge >= 0.3 is 5.69 Å². The maximum Gasteiger partial charge on any atom is 0.311 e. The van der Waals surface area contributed by atoms with Crippen LogP contribution in [0.5, 0.6) is 5.75 Å². The highest BCUT2D eigenvalue weighted by Gasteiger charge is 2.18. The molecule has 0 aliphatic carbocycles. The zero-order valence-corrected chi connectivity index (χ0v) is 17.2. The number of benzene rings is 2. The minimum absolute atomic E-state index is 0.0873. The molecule has 0 saturated carbocycles. The van der Waals surface area contributed by atoms with Crippen LogP contribution in [0.15, 0.2) is 46.8 Å². The second-order valence-electron chi connectivity index (χ2n) is 5.80. The Kier molecular flexibility index (Phi) is 6.62. The number of thioether (sulfide) groups is 1. The fourth-order valence-electron chi connectivity index (χ4n) is 2.39. The van der Waals surface area contributed by atoms with Gasteiger partial charge in [0.05, 0.1) is 17.8 Å². The number of aryl methyl sites for hydroxylation is 1. The molecule has 9 nitrogen and oxygen atoms in total.